The zero-order chi connectivity index (χ0) is 28.2. The molecule has 1 saturated heterocycles. The number of carbonyl (C=O) groups excluding carboxylic acids is 1. The topological polar surface area (TPSA) is 125 Å². The zero-order valence-corrected chi connectivity index (χ0v) is 23.7. The average molecular weight is 573 g/mol. The molecule has 1 aliphatic rings. The Labute approximate surface area is 229 Å². The molecule has 208 valence electrons. The summed E-state index contributed by atoms with van der Waals surface area (Å²) in [6, 6.07) is 17.3. The molecule has 3 aromatic rings. The molecule has 2 N–H and O–H groups in total. The molecule has 1 fully saturated rings. The van der Waals surface area contributed by atoms with Gasteiger partial charge in [0, 0.05) is 31.9 Å². The number of aryl methyl sites for hydroxylation is 2. The van der Waals surface area contributed by atoms with E-state index in [9.17, 15) is 21.6 Å². The number of sulfonamides is 2. The number of carbonyl (C=O) groups is 1. The molecule has 0 radical (unpaired) electrons. The van der Waals surface area contributed by atoms with E-state index in [0.717, 1.165) is 11.1 Å². The third-order valence-electron chi connectivity index (χ3n) is 6.38. The van der Waals surface area contributed by atoms with Crippen LogP contribution >= 0.6 is 0 Å². The first-order valence-corrected chi connectivity index (χ1v) is 15.3. The van der Waals surface area contributed by atoms with Gasteiger partial charge in [-0.05, 0) is 86.6 Å². The van der Waals surface area contributed by atoms with Crippen molar-refractivity contribution in [3.05, 3.63) is 77.9 Å². The third-order valence-corrected chi connectivity index (χ3v) is 9.67. The fraction of sp³-hybridized carbons (Fsp3) is 0.296. The maximum atomic E-state index is 12.9. The normalized spacial score (nSPS) is 15.1. The van der Waals surface area contributed by atoms with E-state index < -0.39 is 26.0 Å². The molecule has 0 aliphatic carbocycles. The van der Waals surface area contributed by atoms with Crippen molar-refractivity contribution in [3.63, 3.8) is 0 Å². The van der Waals surface area contributed by atoms with Gasteiger partial charge in [0.15, 0.2) is 6.61 Å². The minimum atomic E-state index is -3.80. The lowest BCUT2D eigenvalue weighted by atomic mass is 10.1. The van der Waals surface area contributed by atoms with Crippen LogP contribution in [0.2, 0.25) is 0 Å². The molecule has 10 nitrogen and oxygen atoms in total. The van der Waals surface area contributed by atoms with Crippen molar-refractivity contribution in [1.29, 1.82) is 0 Å². The number of piperazine rings is 1. The minimum absolute atomic E-state index is 0.0619. The minimum Gasteiger partial charge on any atom is -0.484 e. The maximum absolute atomic E-state index is 12.9. The van der Waals surface area contributed by atoms with Gasteiger partial charge in [-0.3, -0.25) is 9.52 Å². The number of amides is 1. The molecule has 0 aromatic heterocycles. The standard InChI is InChI=1S/C27H32N4O6S2/c1-20-4-5-21(2)26(18-20)29-38(33,34)24-12-8-23(9-13-24)37-19-27(32)28-22-6-10-25(11-7-22)39(35,36)31-16-14-30(3)15-17-31/h4-13,18,29H,14-17,19H2,1-3H3,(H,28,32). The molecule has 0 bridgehead atoms. The number of nitrogens with zero attached hydrogens (tertiary/aromatic N) is 2. The lowest BCUT2D eigenvalue weighted by Gasteiger charge is -2.31. The van der Waals surface area contributed by atoms with E-state index >= 15 is 0 Å². The summed E-state index contributed by atoms with van der Waals surface area (Å²) >= 11 is 0. The monoisotopic (exact) mass is 572 g/mol. The second-order valence-electron chi connectivity index (χ2n) is 9.46. The predicted molar refractivity (Wildman–Crippen MR) is 150 cm³/mol. The van der Waals surface area contributed by atoms with Crippen LogP contribution in [-0.2, 0) is 24.8 Å². The first-order valence-electron chi connectivity index (χ1n) is 12.4. The highest BCUT2D eigenvalue weighted by atomic mass is 32.2. The van der Waals surface area contributed by atoms with E-state index in [1.807, 2.05) is 33.0 Å². The van der Waals surface area contributed by atoms with Crippen molar-refractivity contribution >= 4 is 37.3 Å². The molecule has 1 aliphatic heterocycles. The summed E-state index contributed by atoms with van der Waals surface area (Å²) in [6.45, 7) is 5.62. The highest BCUT2D eigenvalue weighted by molar-refractivity contribution is 7.92. The largest absolute Gasteiger partial charge is 0.484 e. The number of hydrogen-bond donors (Lipinski definition) is 2. The lowest BCUT2D eigenvalue weighted by molar-refractivity contribution is -0.118. The molecule has 1 heterocycles. The number of rotatable bonds is 9. The molecule has 4 rings (SSSR count). The summed E-state index contributed by atoms with van der Waals surface area (Å²) in [5.74, 6) is -0.123. The fourth-order valence-electron chi connectivity index (χ4n) is 4.00. The van der Waals surface area contributed by atoms with Gasteiger partial charge in [-0.2, -0.15) is 4.31 Å². The summed E-state index contributed by atoms with van der Waals surface area (Å²) in [7, 11) is -5.43. The smallest absolute Gasteiger partial charge is 0.262 e. The van der Waals surface area contributed by atoms with Crippen molar-refractivity contribution in [2.24, 2.45) is 0 Å². The Bertz CT molecular complexity index is 1530. The van der Waals surface area contributed by atoms with E-state index in [1.165, 1.54) is 52.8 Å². The van der Waals surface area contributed by atoms with Crippen LogP contribution in [-0.4, -0.2) is 71.8 Å². The van der Waals surface area contributed by atoms with Gasteiger partial charge in [0.2, 0.25) is 10.0 Å². The Balaban J connectivity index is 1.31. The Kier molecular flexibility index (Phi) is 8.60. The predicted octanol–water partition coefficient (Wildman–Crippen LogP) is 3.06. The number of hydrogen-bond acceptors (Lipinski definition) is 7. The van der Waals surface area contributed by atoms with Crippen LogP contribution in [0.1, 0.15) is 11.1 Å². The first-order chi connectivity index (χ1) is 18.4. The van der Waals surface area contributed by atoms with Gasteiger partial charge in [0.25, 0.3) is 15.9 Å². The number of nitrogens with one attached hydrogen (secondary N) is 2. The van der Waals surface area contributed by atoms with E-state index in [-0.39, 0.29) is 16.4 Å². The van der Waals surface area contributed by atoms with Gasteiger partial charge >= 0.3 is 0 Å². The van der Waals surface area contributed by atoms with Crippen molar-refractivity contribution in [2.45, 2.75) is 23.6 Å². The second kappa shape index (κ2) is 11.7. The molecular weight excluding hydrogens is 540 g/mol. The van der Waals surface area contributed by atoms with Gasteiger partial charge < -0.3 is 15.0 Å². The van der Waals surface area contributed by atoms with Crippen LogP contribution in [0.15, 0.2) is 76.5 Å². The fourth-order valence-corrected chi connectivity index (χ4v) is 6.54. The molecule has 3 aromatic carbocycles. The number of ether oxygens (including phenoxy) is 1. The summed E-state index contributed by atoms with van der Waals surface area (Å²) in [5.41, 5.74) is 2.69. The van der Waals surface area contributed by atoms with Gasteiger partial charge in [-0.15, -0.1) is 0 Å². The van der Waals surface area contributed by atoms with Gasteiger partial charge in [-0.1, -0.05) is 12.1 Å². The Hall–Kier alpha value is -3.45. The van der Waals surface area contributed by atoms with Gasteiger partial charge in [0.05, 0.1) is 15.5 Å². The Morgan fingerprint density at radius 3 is 2.10 bits per heavy atom. The molecular formula is C27H32N4O6S2. The number of benzene rings is 3. The Morgan fingerprint density at radius 2 is 1.46 bits per heavy atom. The van der Waals surface area contributed by atoms with E-state index in [2.05, 4.69) is 14.9 Å². The highest BCUT2D eigenvalue weighted by Gasteiger charge is 2.27. The van der Waals surface area contributed by atoms with E-state index in [1.54, 1.807) is 6.07 Å². The zero-order valence-electron chi connectivity index (χ0n) is 22.0. The summed E-state index contributed by atoms with van der Waals surface area (Å²) in [4.78, 5) is 14.7. The van der Waals surface area contributed by atoms with Gasteiger partial charge in [-0.25, -0.2) is 16.8 Å². The van der Waals surface area contributed by atoms with Crippen LogP contribution in [0, 0.1) is 13.8 Å². The highest BCUT2D eigenvalue weighted by Crippen LogP contribution is 2.23. The molecule has 0 spiro atoms. The van der Waals surface area contributed by atoms with Crippen LogP contribution in [0.25, 0.3) is 0 Å². The SMILES string of the molecule is Cc1ccc(C)c(NS(=O)(=O)c2ccc(OCC(=O)Nc3ccc(S(=O)(=O)N4CCN(C)CC4)cc3)cc2)c1. The molecule has 0 unspecified atom stereocenters. The second-order valence-corrected chi connectivity index (χ2v) is 13.1. The molecule has 0 saturated carbocycles. The first kappa shape index (κ1) is 28.6. The summed E-state index contributed by atoms with van der Waals surface area (Å²) < 4.78 is 60.8. The van der Waals surface area contributed by atoms with Crippen molar-refractivity contribution in [1.82, 2.24) is 9.21 Å². The molecule has 0 atom stereocenters. The molecule has 39 heavy (non-hydrogen) atoms. The van der Waals surface area contributed by atoms with Crippen molar-refractivity contribution in [2.75, 3.05) is 49.9 Å². The van der Waals surface area contributed by atoms with Crippen LogP contribution in [0.4, 0.5) is 11.4 Å². The summed E-state index contributed by atoms with van der Waals surface area (Å²) in [5, 5.41) is 2.66. The van der Waals surface area contributed by atoms with Crippen LogP contribution in [0.5, 0.6) is 5.75 Å². The van der Waals surface area contributed by atoms with E-state index in [4.69, 9.17) is 4.74 Å². The van der Waals surface area contributed by atoms with Crippen LogP contribution < -0.4 is 14.8 Å². The van der Waals surface area contributed by atoms with Crippen LogP contribution in [0.3, 0.4) is 0 Å². The van der Waals surface area contributed by atoms with E-state index in [0.29, 0.717) is 43.3 Å². The quantitative estimate of drug-likeness (QED) is 0.404. The third kappa shape index (κ3) is 7.15. The van der Waals surface area contributed by atoms with Crippen molar-refractivity contribution < 1.29 is 26.4 Å². The lowest BCUT2D eigenvalue weighted by Crippen LogP contribution is -2.46. The Morgan fingerprint density at radius 1 is 0.846 bits per heavy atom. The maximum Gasteiger partial charge on any atom is 0.262 e. The molecule has 12 heteroatoms. The summed E-state index contributed by atoms with van der Waals surface area (Å²) in [6.07, 6.45) is 0. The van der Waals surface area contributed by atoms with Gasteiger partial charge in [0.1, 0.15) is 5.75 Å². The average Bonchev–Trinajstić information content (AvgIpc) is 2.90. The van der Waals surface area contributed by atoms with Crippen molar-refractivity contribution in [3.8, 4) is 5.75 Å². The molecule has 1 amide bonds. The number of likely N-dealkylation sites (N-methyl/N-ethyl adjacent to an activating group) is 1. The number of anilines is 2.